The van der Waals surface area contributed by atoms with E-state index in [2.05, 4.69) is 4.98 Å². The average molecular weight is 262 g/mol. The van der Waals surface area contributed by atoms with Gasteiger partial charge in [0.15, 0.2) is 0 Å². The van der Waals surface area contributed by atoms with E-state index in [9.17, 15) is 8.42 Å². The van der Waals surface area contributed by atoms with E-state index < -0.39 is 10.0 Å². The van der Waals surface area contributed by atoms with E-state index in [1.807, 2.05) is 6.92 Å². The second-order valence-electron chi connectivity index (χ2n) is 3.99. The maximum atomic E-state index is 12.3. The smallest absolute Gasteiger partial charge is 0.264 e. The molecular weight excluding hydrogens is 248 g/mol. The van der Waals surface area contributed by atoms with Gasteiger partial charge in [0.25, 0.3) is 10.0 Å². The summed E-state index contributed by atoms with van der Waals surface area (Å²) in [6.45, 7) is 1.92. The van der Waals surface area contributed by atoms with Crippen LogP contribution < -0.4 is 4.31 Å². The van der Waals surface area contributed by atoms with Gasteiger partial charge in [-0.05, 0) is 31.2 Å². The molecule has 0 radical (unpaired) electrons. The molecule has 0 atom stereocenters. The van der Waals surface area contributed by atoms with Gasteiger partial charge >= 0.3 is 0 Å². The minimum absolute atomic E-state index is 0.285. The molecule has 0 spiro atoms. The third-order valence-electron chi connectivity index (χ3n) is 2.71. The molecule has 1 heterocycles. The molecule has 94 valence electrons. The van der Waals surface area contributed by atoms with E-state index in [0.717, 1.165) is 5.56 Å². The van der Waals surface area contributed by atoms with Crippen LogP contribution in [0.1, 0.15) is 5.56 Å². The molecule has 18 heavy (non-hydrogen) atoms. The lowest BCUT2D eigenvalue weighted by atomic mass is 10.2. The number of hydrogen-bond donors (Lipinski definition) is 0. The van der Waals surface area contributed by atoms with Crippen molar-refractivity contribution in [3.8, 4) is 0 Å². The highest BCUT2D eigenvalue weighted by molar-refractivity contribution is 7.92. The Balaban J connectivity index is 2.40. The molecule has 5 heteroatoms. The van der Waals surface area contributed by atoms with Crippen LogP contribution in [-0.2, 0) is 10.0 Å². The van der Waals surface area contributed by atoms with Crippen molar-refractivity contribution in [3.63, 3.8) is 0 Å². The highest BCUT2D eigenvalue weighted by Gasteiger charge is 2.20. The molecule has 0 aliphatic rings. The zero-order chi connectivity index (χ0) is 13.2. The normalized spacial score (nSPS) is 11.2. The lowest BCUT2D eigenvalue weighted by Crippen LogP contribution is -2.26. The molecule has 0 N–H and O–H groups in total. The van der Waals surface area contributed by atoms with Gasteiger partial charge in [-0.25, -0.2) is 8.42 Å². The second kappa shape index (κ2) is 4.78. The number of nitrogens with zero attached hydrogens (tertiary/aromatic N) is 2. The van der Waals surface area contributed by atoms with Crippen LogP contribution in [0, 0.1) is 6.92 Å². The maximum absolute atomic E-state index is 12.3. The van der Waals surface area contributed by atoms with E-state index >= 15 is 0 Å². The Morgan fingerprint density at radius 3 is 2.11 bits per heavy atom. The highest BCUT2D eigenvalue weighted by Crippen LogP contribution is 2.21. The second-order valence-corrected chi connectivity index (χ2v) is 5.96. The van der Waals surface area contributed by atoms with E-state index in [0.29, 0.717) is 5.69 Å². The molecule has 1 aromatic heterocycles. The van der Waals surface area contributed by atoms with E-state index in [-0.39, 0.29) is 4.90 Å². The Kier molecular flexibility index (Phi) is 3.34. The molecule has 0 aliphatic carbocycles. The number of sulfonamides is 1. The van der Waals surface area contributed by atoms with Gasteiger partial charge in [-0.2, -0.15) is 0 Å². The molecule has 0 bridgehead atoms. The zero-order valence-corrected chi connectivity index (χ0v) is 11.1. The van der Waals surface area contributed by atoms with E-state index in [4.69, 9.17) is 0 Å². The van der Waals surface area contributed by atoms with Crippen molar-refractivity contribution in [3.05, 3.63) is 54.4 Å². The molecule has 0 saturated heterocycles. The van der Waals surface area contributed by atoms with Crippen LogP contribution in [0.25, 0.3) is 0 Å². The summed E-state index contributed by atoms with van der Waals surface area (Å²) in [5.74, 6) is 0. The summed E-state index contributed by atoms with van der Waals surface area (Å²) in [4.78, 5) is 4.16. The Morgan fingerprint density at radius 2 is 1.56 bits per heavy atom. The molecule has 2 rings (SSSR count). The van der Waals surface area contributed by atoms with Gasteiger partial charge in [0.1, 0.15) is 0 Å². The van der Waals surface area contributed by atoms with Crippen molar-refractivity contribution in [2.75, 3.05) is 11.4 Å². The molecule has 1 aromatic carbocycles. The van der Waals surface area contributed by atoms with Crippen LogP contribution in [0.5, 0.6) is 0 Å². The standard InChI is InChI=1S/C13H14N2O2S/c1-11-3-5-13(6-4-11)18(16,17)15(2)12-7-9-14-10-8-12/h3-10H,1-2H3. The molecular formula is C13H14N2O2S. The van der Waals surface area contributed by atoms with Crippen LogP contribution in [0.15, 0.2) is 53.7 Å². The van der Waals surface area contributed by atoms with Crippen LogP contribution in [0.4, 0.5) is 5.69 Å². The number of benzene rings is 1. The lowest BCUT2D eigenvalue weighted by molar-refractivity contribution is 0.594. The molecule has 0 amide bonds. The number of anilines is 1. The topological polar surface area (TPSA) is 50.3 Å². The summed E-state index contributed by atoms with van der Waals surface area (Å²) >= 11 is 0. The first kappa shape index (κ1) is 12.6. The average Bonchev–Trinajstić information content (AvgIpc) is 2.39. The van der Waals surface area contributed by atoms with Crippen molar-refractivity contribution in [1.82, 2.24) is 4.98 Å². The van der Waals surface area contributed by atoms with Crippen molar-refractivity contribution in [2.24, 2.45) is 0 Å². The number of hydrogen-bond acceptors (Lipinski definition) is 3. The summed E-state index contributed by atoms with van der Waals surface area (Å²) in [7, 11) is -1.97. The fraction of sp³-hybridized carbons (Fsp3) is 0.154. The predicted octanol–water partition coefficient (Wildman–Crippen LogP) is 2.22. The molecule has 0 saturated carbocycles. The first-order valence-electron chi connectivity index (χ1n) is 5.47. The largest absolute Gasteiger partial charge is 0.269 e. The first-order chi connectivity index (χ1) is 8.51. The Morgan fingerprint density at radius 1 is 1.00 bits per heavy atom. The third kappa shape index (κ3) is 2.36. The first-order valence-corrected chi connectivity index (χ1v) is 6.91. The summed E-state index contributed by atoms with van der Waals surface area (Å²) in [5, 5.41) is 0. The number of rotatable bonds is 3. The Hall–Kier alpha value is -1.88. The van der Waals surface area contributed by atoms with Crippen molar-refractivity contribution >= 4 is 15.7 Å². The summed E-state index contributed by atoms with van der Waals surface area (Å²) in [6.07, 6.45) is 3.13. The fourth-order valence-electron chi connectivity index (χ4n) is 1.56. The number of aromatic nitrogens is 1. The number of aryl methyl sites for hydroxylation is 1. The lowest BCUT2D eigenvalue weighted by Gasteiger charge is -2.19. The fourth-order valence-corrected chi connectivity index (χ4v) is 2.76. The number of pyridine rings is 1. The maximum Gasteiger partial charge on any atom is 0.264 e. The van der Waals surface area contributed by atoms with Gasteiger partial charge < -0.3 is 0 Å². The molecule has 2 aromatic rings. The monoisotopic (exact) mass is 262 g/mol. The summed E-state index contributed by atoms with van der Waals surface area (Å²) in [5.41, 5.74) is 1.62. The SMILES string of the molecule is Cc1ccc(S(=O)(=O)N(C)c2ccncc2)cc1. The van der Waals surface area contributed by atoms with Gasteiger partial charge in [-0.3, -0.25) is 9.29 Å². The quantitative estimate of drug-likeness (QED) is 0.852. The van der Waals surface area contributed by atoms with Crippen LogP contribution in [0.2, 0.25) is 0 Å². The van der Waals surface area contributed by atoms with Crippen LogP contribution >= 0.6 is 0 Å². The van der Waals surface area contributed by atoms with Gasteiger partial charge in [0, 0.05) is 19.4 Å². The van der Waals surface area contributed by atoms with Crippen molar-refractivity contribution < 1.29 is 8.42 Å². The van der Waals surface area contributed by atoms with Gasteiger partial charge in [0.05, 0.1) is 10.6 Å². The van der Waals surface area contributed by atoms with Crippen molar-refractivity contribution in [2.45, 2.75) is 11.8 Å². The summed E-state index contributed by atoms with van der Waals surface area (Å²) in [6, 6.07) is 10.1. The zero-order valence-electron chi connectivity index (χ0n) is 10.2. The molecule has 4 nitrogen and oxygen atoms in total. The van der Waals surface area contributed by atoms with E-state index in [1.54, 1.807) is 48.8 Å². The van der Waals surface area contributed by atoms with Crippen molar-refractivity contribution in [1.29, 1.82) is 0 Å². The highest BCUT2D eigenvalue weighted by atomic mass is 32.2. The minimum Gasteiger partial charge on any atom is -0.269 e. The molecule has 0 fully saturated rings. The van der Waals surface area contributed by atoms with Gasteiger partial charge in [-0.15, -0.1) is 0 Å². The van der Waals surface area contributed by atoms with Crippen LogP contribution in [0.3, 0.4) is 0 Å². The summed E-state index contributed by atoms with van der Waals surface area (Å²) < 4.78 is 25.9. The third-order valence-corrected chi connectivity index (χ3v) is 4.51. The molecule has 0 unspecified atom stereocenters. The Labute approximate surface area is 107 Å². The van der Waals surface area contributed by atoms with E-state index in [1.165, 1.54) is 11.4 Å². The Bertz CT molecular complexity index is 622. The molecule has 0 aliphatic heterocycles. The minimum atomic E-state index is -3.50. The predicted molar refractivity (Wildman–Crippen MR) is 71.0 cm³/mol. The van der Waals surface area contributed by atoms with Gasteiger partial charge in [-0.1, -0.05) is 17.7 Å². The van der Waals surface area contributed by atoms with Gasteiger partial charge in [0.2, 0.25) is 0 Å². The van der Waals surface area contributed by atoms with Crippen LogP contribution in [-0.4, -0.2) is 20.4 Å².